The van der Waals surface area contributed by atoms with E-state index < -0.39 is 35.4 Å². The molecule has 1 atom stereocenters. The molecule has 21 heavy (non-hydrogen) atoms. The molecule has 0 fully saturated rings. The lowest BCUT2D eigenvalue weighted by Gasteiger charge is -2.25. The lowest BCUT2D eigenvalue weighted by Crippen LogP contribution is -2.34. The summed E-state index contributed by atoms with van der Waals surface area (Å²) in [5, 5.41) is 11.7. The molecule has 0 aliphatic rings. The molecule has 1 aromatic rings. The fraction of sp³-hybridized carbons (Fsp3) is 0.500. The number of ketones is 1. The van der Waals surface area contributed by atoms with E-state index in [1.807, 2.05) is 0 Å². The van der Waals surface area contributed by atoms with Crippen molar-refractivity contribution >= 4 is 23.2 Å². The van der Waals surface area contributed by atoms with E-state index in [1.165, 1.54) is 0 Å². The van der Waals surface area contributed by atoms with E-state index in [4.69, 9.17) is 16.3 Å². The lowest BCUT2D eigenvalue weighted by molar-refractivity contribution is -0.149. The smallest absolute Gasteiger partial charge is 0.351 e. The summed E-state index contributed by atoms with van der Waals surface area (Å²) in [7, 11) is 0. The number of nitrogens with one attached hydrogen (secondary N) is 1. The van der Waals surface area contributed by atoms with E-state index in [9.17, 15) is 23.1 Å². The number of ether oxygens (including phenoxy) is 1. The molecular weight excluding hydrogens is 313 g/mol. The number of aliphatic hydroxyl groups excluding tert-OH is 1. The van der Waals surface area contributed by atoms with Gasteiger partial charge in [-0.25, -0.2) is 4.98 Å². The van der Waals surface area contributed by atoms with Crippen LogP contribution in [-0.2, 0) is 4.74 Å². The van der Waals surface area contributed by atoms with Crippen molar-refractivity contribution in [2.75, 3.05) is 5.32 Å². The van der Waals surface area contributed by atoms with Crippen molar-refractivity contribution in [2.24, 2.45) is 0 Å². The van der Waals surface area contributed by atoms with Gasteiger partial charge in [0.05, 0.1) is 11.2 Å². The fourth-order valence-electron chi connectivity index (χ4n) is 1.36. The highest BCUT2D eigenvalue weighted by Gasteiger charge is 2.41. The van der Waals surface area contributed by atoms with Gasteiger partial charge in [0, 0.05) is 0 Å². The molecule has 1 rings (SSSR count). The number of hydrogen-bond acceptors (Lipinski definition) is 5. The molecule has 0 aliphatic carbocycles. The van der Waals surface area contributed by atoms with Gasteiger partial charge >= 0.3 is 6.18 Å². The predicted molar refractivity (Wildman–Crippen MR) is 70.1 cm³/mol. The van der Waals surface area contributed by atoms with Gasteiger partial charge in [-0.05, 0) is 32.9 Å². The van der Waals surface area contributed by atoms with Gasteiger partial charge in [-0.15, -0.1) is 0 Å². The molecule has 118 valence electrons. The molecule has 0 aliphatic heterocycles. The summed E-state index contributed by atoms with van der Waals surface area (Å²) in [5.74, 6) is -2.61. The zero-order valence-corrected chi connectivity index (χ0v) is 12.2. The number of Topliss-reactive ketones (excluding diaryl/α,β-unsaturated/α-hetero) is 1. The van der Waals surface area contributed by atoms with Crippen molar-refractivity contribution in [2.45, 2.75) is 39.0 Å². The van der Waals surface area contributed by atoms with Crippen molar-refractivity contribution in [3.8, 4) is 0 Å². The number of rotatable bonds is 4. The van der Waals surface area contributed by atoms with Crippen molar-refractivity contribution in [1.29, 1.82) is 0 Å². The van der Waals surface area contributed by atoms with Gasteiger partial charge in [0.25, 0.3) is 5.78 Å². The summed E-state index contributed by atoms with van der Waals surface area (Å²) in [6.45, 7) is 4.89. The second-order valence-electron chi connectivity index (χ2n) is 5.08. The van der Waals surface area contributed by atoms with Crippen LogP contribution in [0.5, 0.6) is 0 Å². The Hall–Kier alpha value is -1.38. The Morgan fingerprint density at radius 3 is 2.43 bits per heavy atom. The Balaban J connectivity index is 3.06. The Morgan fingerprint density at radius 2 is 1.95 bits per heavy atom. The Morgan fingerprint density at radius 1 is 1.38 bits per heavy atom. The summed E-state index contributed by atoms with van der Waals surface area (Å²) < 4.78 is 42.5. The molecule has 0 radical (unpaired) electrons. The van der Waals surface area contributed by atoms with Crippen LogP contribution in [0.25, 0.3) is 0 Å². The van der Waals surface area contributed by atoms with E-state index in [2.05, 4.69) is 10.3 Å². The fourth-order valence-corrected chi connectivity index (χ4v) is 1.51. The molecule has 5 nitrogen and oxygen atoms in total. The van der Waals surface area contributed by atoms with Gasteiger partial charge in [-0.3, -0.25) is 4.79 Å². The second kappa shape index (κ2) is 6.17. The maximum atomic E-state index is 12.5. The van der Waals surface area contributed by atoms with Crippen LogP contribution in [-0.4, -0.2) is 34.1 Å². The number of pyridine rings is 1. The van der Waals surface area contributed by atoms with Crippen LogP contribution in [0.4, 0.5) is 19.0 Å². The van der Waals surface area contributed by atoms with E-state index in [0.29, 0.717) is 0 Å². The van der Waals surface area contributed by atoms with Crippen LogP contribution in [0.1, 0.15) is 31.1 Å². The summed E-state index contributed by atoms with van der Waals surface area (Å²) >= 11 is 5.59. The van der Waals surface area contributed by atoms with Gasteiger partial charge in [0.2, 0.25) is 6.41 Å². The monoisotopic (exact) mass is 326 g/mol. The molecular formula is C12H14ClF3N2O3. The highest BCUT2D eigenvalue weighted by atomic mass is 35.5. The van der Waals surface area contributed by atoms with Crippen LogP contribution in [0, 0.1) is 0 Å². The SMILES string of the molecule is CC(C)(C)OC(O)Nc1nc(Cl)ccc1C(=O)C(F)(F)F. The van der Waals surface area contributed by atoms with Crippen LogP contribution < -0.4 is 5.32 Å². The highest BCUT2D eigenvalue weighted by Crippen LogP contribution is 2.27. The first-order valence-corrected chi connectivity index (χ1v) is 6.18. The van der Waals surface area contributed by atoms with Crippen molar-refractivity contribution < 1.29 is 27.8 Å². The van der Waals surface area contributed by atoms with Crippen molar-refractivity contribution in [3.05, 3.63) is 22.8 Å². The van der Waals surface area contributed by atoms with E-state index in [-0.39, 0.29) is 5.15 Å². The molecule has 0 saturated heterocycles. The largest absolute Gasteiger partial charge is 0.455 e. The molecule has 9 heteroatoms. The molecule has 2 N–H and O–H groups in total. The molecule has 0 saturated carbocycles. The first kappa shape index (κ1) is 17.7. The minimum Gasteiger partial charge on any atom is -0.351 e. The average Bonchev–Trinajstić information content (AvgIpc) is 2.24. The molecule has 1 unspecified atom stereocenters. The standard InChI is InChI=1S/C12H14ClF3N2O3/c1-11(2,3)21-10(20)18-9-6(4-5-7(13)17-9)8(19)12(14,15)16/h4-5,10,20H,1-3H3,(H,17,18). The third kappa shape index (κ3) is 5.49. The number of halogens is 4. The van der Waals surface area contributed by atoms with Crippen LogP contribution >= 0.6 is 11.6 Å². The van der Waals surface area contributed by atoms with Gasteiger partial charge in [0.1, 0.15) is 11.0 Å². The second-order valence-corrected chi connectivity index (χ2v) is 5.47. The van der Waals surface area contributed by atoms with Gasteiger partial charge in [0.15, 0.2) is 0 Å². The number of hydrogen-bond donors (Lipinski definition) is 2. The summed E-state index contributed by atoms with van der Waals surface area (Å²) in [6, 6.07) is 1.92. The number of aliphatic hydroxyl groups is 1. The van der Waals surface area contributed by atoms with E-state index in [0.717, 1.165) is 12.1 Å². The first-order chi connectivity index (χ1) is 9.40. The minimum absolute atomic E-state index is 0.140. The summed E-state index contributed by atoms with van der Waals surface area (Å²) in [6.07, 6.45) is -6.72. The number of carbonyl (C=O) groups excluding carboxylic acids is 1. The number of aromatic nitrogens is 1. The Bertz CT molecular complexity index is 529. The topological polar surface area (TPSA) is 71.5 Å². The van der Waals surface area contributed by atoms with E-state index in [1.54, 1.807) is 20.8 Å². The van der Waals surface area contributed by atoms with E-state index >= 15 is 0 Å². The molecule has 0 bridgehead atoms. The number of nitrogens with zero attached hydrogens (tertiary/aromatic N) is 1. The van der Waals surface area contributed by atoms with Gasteiger partial charge < -0.3 is 15.2 Å². The summed E-state index contributed by atoms with van der Waals surface area (Å²) in [5.41, 5.74) is -1.53. The maximum Gasteiger partial charge on any atom is 0.455 e. The quantitative estimate of drug-likeness (QED) is 0.505. The number of carbonyl (C=O) groups is 1. The van der Waals surface area contributed by atoms with Crippen molar-refractivity contribution in [3.63, 3.8) is 0 Å². The molecule has 0 spiro atoms. The average molecular weight is 327 g/mol. The normalized spacial score (nSPS) is 13.9. The molecule has 1 heterocycles. The Labute approximate surface area is 124 Å². The summed E-state index contributed by atoms with van der Waals surface area (Å²) in [4.78, 5) is 14.9. The lowest BCUT2D eigenvalue weighted by atomic mass is 10.1. The number of anilines is 1. The number of alkyl halides is 3. The molecule has 0 amide bonds. The predicted octanol–water partition coefficient (Wildman–Crippen LogP) is 2.98. The van der Waals surface area contributed by atoms with Gasteiger partial charge in [-0.2, -0.15) is 13.2 Å². The molecule has 1 aromatic heterocycles. The minimum atomic E-state index is -5.07. The van der Waals surface area contributed by atoms with Crippen LogP contribution in [0.3, 0.4) is 0 Å². The van der Waals surface area contributed by atoms with Crippen molar-refractivity contribution in [1.82, 2.24) is 4.98 Å². The Kier molecular flexibility index (Phi) is 5.19. The highest BCUT2D eigenvalue weighted by molar-refractivity contribution is 6.29. The maximum absolute atomic E-state index is 12.5. The van der Waals surface area contributed by atoms with Crippen LogP contribution in [0.2, 0.25) is 5.15 Å². The third-order valence-electron chi connectivity index (χ3n) is 2.09. The van der Waals surface area contributed by atoms with Gasteiger partial charge in [-0.1, -0.05) is 11.6 Å². The van der Waals surface area contributed by atoms with Crippen LogP contribution in [0.15, 0.2) is 12.1 Å². The molecule has 0 aromatic carbocycles. The third-order valence-corrected chi connectivity index (χ3v) is 2.30. The first-order valence-electron chi connectivity index (χ1n) is 5.80. The zero-order chi connectivity index (χ0) is 16.4. The zero-order valence-electron chi connectivity index (χ0n) is 11.5.